The second kappa shape index (κ2) is 5.59. The molecule has 1 aliphatic rings. The number of nitrogens with one attached hydrogen (secondary N) is 1. The summed E-state index contributed by atoms with van der Waals surface area (Å²) in [6, 6.07) is 2.28. The molecule has 0 aromatic carbocycles. The van der Waals surface area contributed by atoms with E-state index < -0.39 is 30.5 Å². The molecule has 2 heterocycles. The lowest BCUT2D eigenvalue weighted by Crippen LogP contribution is -2.41. The third kappa shape index (κ3) is 3.23. The number of carbonyl (C=O) groups excluding carboxylic acids is 1. The van der Waals surface area contributed by atoms with E-state index in [4.69, 9.17) is 11.6 Å². The van der Waals surface area contributed by atoms with Crippen molar-refractivity contribution in [3.05, 3.63) is 23.4 Å². The van der Waals surface area contributed by atoms with Crippen molar-refractivity contribution in [3.8, 4) is 0 Å². The van der Waals surface area contributed by atoms with E-state index in [2.05, 4.69) is 10.3 Å². The molecule has 0 aliphatic carbocycles. The number of aliphatic hydroxyl groups is 1. The van der Waals surface area contributed by atoms with Gasteiger partial charge in [0.15, 0.2) is 0 Å². The maximum Gasteiger partial charge on any atom is 0.287 e. The van der Waals surface area contributed by atoms with Crippen LogP contribution in [0.5, 0.6) is 0 Å². The van der Waals surface area contributed by atoms with Crippen LogP contribution in [0.25, 0.3) is 0 Å². The summed E-state index contributed by atoms with van der Waals surface area (Å²) in [6.45, 7) is 0.617. The van der Waals surface area contributed by atoms with Crippen molar-refractivity contribution in [2.24, 2.45) is 0 Å². The van der Waals surface area contributed by atoms with Crippen LogP contribution in [-0.4, -0.2) is 52.1 Å². The standard InChI is InChI=1S/C12H14ClF2N3O2/c1-7(18-5-9(19)12(14,15)6-18)11(20)17-10-3-2-8(13)4-16-10/h2-4,7,9,19H,5-6H2,1H3,(H,16,17,20)/t7-,9+/m0/s1. The van der Waals surface area contributed by atoms with Gasteiger partial charge < -0.3 is 10.4 Å². The van der Waals surface area contributed by atoms with Crippen LogP contribution in [0.4, 0.5) is 14.6 Å². The Kier molecular flexibility index (Phi) is 4.22. The highest BCUT2D eigenvalue weighted by Gasteiger charge is 2.49. The number of amides is 1. The summed E-state index contributed by atoms with van der Waals surface area (Å²) in [7, 11) is 0. The first-order valence-corrected chi connectivity index (χ1v) is 6.40. The van der Waals surface area contributed by atoms with Gasteiger partial charge in [-0.05, 0) is 19.1 Å². The molecule has 5 nitrogen and oxygen atoms in total. The van der Waals surface area contributed by atoms with Gasteiger partial charge >= 0.3 is 0 Å². The Labute approximate surface area is 119 Å². The number of pyridine rings is 1. The molecule has 1 aromatic heterocycles. The van der Waals surface area contributed by atoms with Crippen LogP contribution in [-0.2, 0) is 4.79 Å². The quantitative estimate of drug-likeness (QED) is 0.885. The molecule has 2 N–H and O–H groups in total. The van der Waals surface area contributed by atoms with E-state index in [1.165, 1.54) is 24.1 Å². The van der Waals surface area contributed by atoms with Crippen LogP contribution in [0.3, 0.4) is 0 Å². The van der Waals surface area contributed by atoms with Crippen molar-refractivity contribution in [1.29, 1.82) is 0 Å². The Balaban J connectivity index is 1.98. The Morgan fingerprint density at radius 1 is 1.65 bits per heavy atom. The van der Waals surface area contributed by atoms with Crippen molar-refractivity contribution in [3.63, 3.8) is 0 Å². The van der Waals surface area contributed by atoms with Gasteiger partial charge in [0.25, 0.3) is 5.92 Å². The summed E-state index contributed by atoms with van der Waals surface area (Å²) in [6.07, 6.45) is -0.373. The minimum atomic E-state index is -3.19. The van der Waals surface area contributed by atoms with E-state index in [-0.39, 0.29) is 12.4 Å². The third-order valence-electron chi connectivity index (χ3n) is 3.21. The fourth-order valence-electron chi connectivity index (χ4n) is 1.94. The second-order valence-electron chi connectivity index (χ2n) is 4.73. The molecule has 0 unspecified atom stereocenters. The number of likely N-dealkylation sites (tertiary alicyclic amines) is 1. The van der Waals surface area contributed by atoms with Crippen molar-refractivity contribution in [2.45, 2.75) is 25.0 Å². The molecule has 2 rings (SSSR count). The van der Waals surface area contributed by atoms with E-state index in [1.54, 1.807) is 6.07 Å². The minimum absolute atomic E-state index is 0.240. The van der Waals surface area contributed by atoms with Gasteiger partial charge in [0.05, 0.1) is 17.6 Å². The van der Waals surface area contributed by atoms with Gasteiger partial charge in [-0.2, -0.15) is 0 Å². The number of carbonyl (C=O) groups is 1. The lowest BCUT2D eigenvalue weighted by molar-refractivity contribution is -0.120. The number of β-amino-alcohol motifs (C(OH)–C–C–N with tert-alkyl or cyclic N) is 1. The maximum atomic E-state index is 13.2. The van der Waals surface area contributed by atoms with E-state index >= 15 is 0 Å². The minimum Gasteiger partial charge on any atom is -0.385 e. The monoisotopic (exact) mass is 305 g/mol. The van der Waals surface area contributed by atoms with E-state index in [1.807, 2.05) is 0 Å². The summed E-state index contributed by atoms with van der Waals surface area (Å²) in [5.41, 5.74) is 0. The van der Waals surface area contributed by atoms with Gasteiger partial charge in [-0.15, -0.1) is 0 Å². The molecule has 110 valence electrons. The molecule has 0 spiro atoms. The summed E-state index contributed by atoms with van der Waals surface area (Å²) in [4.78, 5) is 17.1. The fourth-order valence-corrected chi connectivity index (χ4v) is 2.05. The number of nitrogens with zero attached hydrogens (tertiary/aromatic N) is 2. The van der Waals surface area contributed by atoms with Crippen LogP contribution in [0.2, 0.25) is 5.02 Å². The average Bonchev–Trinajstić information content (AvgIpc) is 2.65. The first-order valence-electron chi connectivity index (χ1n) is 6.02. The van der Waals surface area contributed by atoms with Crippen LogP contribution in [0.15, 0.2) is 18.3 Å². The van der Waals surface area contributed by atoms with Crippen molar-refractivity contribution >= 4 is 23.3 Å². The molecule has 0 radical (unpaired) electrons. The molecule has 20 heavy (non-hydrogen) atoms. The Morgan fingerprint density at radius 3 is 2.85 bits per heavy atom. The van der Waals surface area contributed by atoms with Crippen LogP contribution in [0.1, 0.15) is 6.92 Å². The molecule has 0 saturated carbocycles. The molecule has 1 aromatic rings. The van der Waals surface area contributed by atoms with Crippen molar-refractivity contribution in [2.75, 3.05) is 18.4 Å². The van der Waals surface area contributed by atoms with Gasteiger partial charge in [-0.3, -0.25) is 9.69 Å². The van der Waals surface area contributed by atoms with Gasteiger partial charge in [-0.25, -0.2) is 13.8 Å². The number of rotatable bonds is 3. The molecule has 1 saturated heterocycles. The Bertz CT molecular complexity index is 498. The molecule has 2 atom stereocenters. The number of hydrogen-bond acceptors (Lipinski definition) is 4. The lowest BCUT2D eigenvalue weighted by atomic mass is 10.2. The first-order chi connectivity index (χ1) is 9.29. The maximum absolute atomic E-state index is 13.2. The largest absolute Gasteiger partial charge is 0.385 e. The second-order valence-corrected chi connectivity index (χ2v) is 5.17. The van der Waals surface area contributed by atoms with E-state index in [0.717, 1.165) is 0 Å². The zero-order chi connectivity index (χ0) is 14.9. The van der Waals surface area contributed by atoms with Crippen molar-refractivity contribution < 1.29 is 18.7 Å². The van der Waals surface area contributed by atoms with Crippen LogP contribution >= 0.6 is 11.6 Å². The zero-order valence-corrected chi connectivity index (χ0v) is 11.4. The van der Waals surface area contributed by atoms with Gasteiger partial charge in [0.1, 0.15) is 11.9 Å². The van der Waals surface area contributed by atoms with Crippen LogP contribution < -0.4 is 5.32 Å². The number of anilines is 1. The highest BCUT2D eigenvalue weighted by Crippen LogP contribution is 2.28. The Hall–Kier alpha value is -1.31. The molecule has 1 amide bonds. The summed E-state index contributed by atoms with van der Waals surface area (Å²) < 4.78 is 26.5. The molecule has 0 bridgehead atoms. The first kappa shape index (κ1) is 15.1. The molecule has 1 aliphatic heterocycles. The predicted molar refractivity (Wildman–Crippen MR) is 69.9 cm³/mol. The normalized spacial score (nSPS) is 23.6. The van der Waals surface area contributed by atoms with Gasteiger partial charge in [-0.1, -0.05) is 11.6 Å². The fraction of sp³-hybridized carbons (Fsp3) is 0.500. The highest BCUT2D eigenvalue weighted by molar-refractivity contribution is 6.30. The summed E-state index contributed by atoms with van der Waals surface area (Å²) >= 11 is 5.67. The molecular formula is C12H14ClF2N3O2. The van der Waals surface area contributed by atoms with Crippen molar-refractivity contribution in [1.82, 2.24) is 9.88 Å². The van der Waals surface area contributed by atoms with Gasteiger partial charge in [0, 0.05) is 12.7 Å². The topological polar surface area (TPSA) is 65.5 Å². The zero-order valence-electron chi connectivity index (χ0n) is 10.7. The van der Waals surface area contributed by atoms with Crippen LogP contribution in [0, 0.1) is 0 Å². The third-order valence-corrected chi connectivity index (χ3v) is 3.44. The van der Waals surface area contributed by atoms with E-state index in [0.29, 0.717) is 5.02 Å². The molecular weight excluding hydrogens is 292 g/mol. The van der Waals surface area contributed by atoms with Gasteiger partial charge in [0.2, 0.25) is 5.91 Å². The number of aromatic nitrogens is 1. The number of alkyl halides is 2. The molecule has 1 fully saturated rings. The Morgan fingerprint density at radius 2 is 2.35 bits per heavy atom. The number of hydrogen-bond donors (Lipinski definition) is 2. The predicted octanol–water partition coefficient (Wildman–Crippen LogP) is 1.37. The lowest BCUT2D eigenvalue weighted by Gasteiger charge is -2.22. The van der Waals surface area contributed by atoms with E-state index in [9.17, 15) is 18.7 Å². The SMILES string of the molecule is C[C@@H](C(=O)Nc1ccc(Cl)cn1)N1C[C@@H](O)C(F)(F)C1. The highest BCUT2D eigenvalue weighted by atomic mass is 35.5. The number of halogens is 3. The average molecular weight is 306 g/mol. The molecule has 8 heteroatoms. The summed E-state index contributed by atoms with van der Waals surface area (Å²) in [5.74, 6) is -3.37. The summed E-state index contributed by atoms with van der Waals surface area (Å²) in [5, 5.41) is 12.2. The smallest absolute Gasteiger partial charge is 0.287 e. The number of aliphatic hydroxyl groups excluding tert-OH is 1.